The normalized spacial score (nSPS) is 19.9. The predicted octanol–water partition coefficient (Wildman–Crippen LogP) is 3.90. The predicted molar refractivity (Wildman–Crippen MR) is 117 cm³/mol. The summed E-state index contributed by atoms with van der Waals surface area (Å²) in [5.41, 5.74) is 2.71. The van der Waals surface area contributed by atoms with Gasteiger partial charge < -0.3 is 4.98 Å². The van der Waals surface area contributed by atoms with E-state index in [9.17, 15) is 4.79 Å². The fraction of sp³-hybridized carbons (Fsp3) is 0.565. The van der Waals surface area contributed by atoms with E-state index in [4.69, 9.17) is 0 Å². The van der Waals surface area contributed by atoms with E-state index in [0.717, 1.165) is 66.6 Å². The first-order valence-corrected chi connectivity index (χ1v) is 11.4. The molecule has 0 spiro atoms. The second-order valence-electron chi connectivity index (χ2n) is 8.87. The molecular weight excluding hydrogens is 376 g/mol. The molecule has 0 radical (unpaired) electrons. The molecule has 1 saturated heterocycles. The van der Waals surface area contributed by atoms with Crippen LogP contribution in [0.3, 0.4) is 0 Å². The maximum atomic E-state index is 13.3. The van der Waals surface area contributed by atoms with Gasteiger partial charge in [-0.3, -0.25) is 9.69 Å². The van der Waals surface area contributed by atoms with Crippen molar-refractivity contribution in [3.8, 4) is 0 Å². The second-order valence-corrected chi connectivity index (χ2v) is 8.87. The summed E-state index contributed by atoms with van der Waals surface area (Å²) in [6, 6.07) is 8.32. The van der Waals surface area contributed by atoms with E-state index in [1.165, 1.54) is 25.7 Å². The number of pyridine rings is 1. The highest BCUT2D eigenvalue weighted by Gasteiger charge is 2.33. The number of H-pyrrole nitrogens is 1. The van der Waals surface area contributed by atoms with Gasteiger partial charge in [0.25, 0.3) is 5.56 Å². The van der Waals surface area contributed by atoms with Crippen LogP contribution in [-0.2, 0) is 0 Å². The van der Waals surface area contributed by atoms with Gasteiger partial charge in [0.2, 0.25) is 0 Å². The third kappa shape index (κ3) is 3.55. The summed E-state index contributed by atoms with van der Waals surface area (Å²) in [6.45, 7) is 3.96. The van der Waals surface area contributed by atoms with Crippen molar-refractivity contribution in [2.75, 3.05) is 13.1 Å². The molecular formula is C23H30N6O. The molecule has 1 aliphatic heterocycles. The van der Waals surface area contributed by atoms with Gasteiger partial charge in [-0.25, -0.2) is 4.68 Å². The Kier molecular flexibility index (Phi) is 5.37. The van der Waals surface area contributed by atoms with Gasteiger partial charge in [0.1, 0.15) is 6.04 Å². The van der Waals surface area contributed by atoms with Gasteiger partial charge in [-0.15, -0.1) is 5.10 Å². The molecule has 1 atom stereocenters. The minimum Gasteiger partial charge on any atom is -0.321 e. The molecule has 1 saturated carbocycles. The van der Waals surface area contributed by atoms with Crippen LogP contribution in [-0.4, -0.2) is 43.2 Å². The van der Waals surface area contributed by atoms with Gasteiger partial charge >= 0.3 is 0 Å². The molecule has 2 aliphatic rings. The van der Waals surface area contributed by atoms with Crippen LogP contribution >= 0.6 is 0 Å². The molecule has 1 aliphatic carbocycles. The maximum Gasteiger partial charge on any atom is 0.253 e. The summed E-state index contributed by atoms with van der Waals surface area (Å²) in [4.78, 5) is 18.8. The number of rotatable bonds is 4. The molecule has 3 aromatic rings. The lowest BCUT2D eigenvalue weighted by molar-refractivity contribution is 0.171. The summed E-state index contributed by atoms with van der Waals surface area (Å²) in [5, 5.41) is 14.0. The van der Waals surface area contributed by atoms with E-state index in [0.29, 0.717) is 6.04 Å². The summed E-state index contributed by atoms with van der Waals surface area (Å²) in [5.74, 6) is 0.821. The Morgan fingerprint density at radius 3 is 2.63 bits per heavy atom. The smallest absolute Gasteiger partial charge is 0.253 e. The van der Waals surface area contributed by atoms with Gasteiger partial charge in [-0.2, -0.15) is 0 Å². The molecule has 30 heavy (non-hydrogen) atoms. The molecule has 2 fully saturated rings. The van der Waals surface area contributed by atoms with Crippen molar-refractivity contribution in [1.29, 1.82) is 0 Å². The van der Waals surface area contributed by atoms with Gasteiger partial charge in [-0.05, 0) is 73.1 Å². The Labute approximate surface area is 176 Å². The zero-order valence-electron chi connectivity index (χ0n) is 17.7. The van der Waals surface area contributed by atoms with E-state index in [1.54, 1.807) is 0 Å². The van der Waals surface area contributed by atoms with Crippen molar-refractivity contribution in [1.82, 2.24) is 30.1 Å². The topological polar surface area (TPSA) is 79.7 Å². The molecule has 7 heteroatoms. The Balaban J connectivity index is 1.64. The molecule has 2 aromatic heterocycles. The first-order chi connectivity index (χ1) is 14.7. The van der Waals surface area contributed by atoms with E-state index < -0.39 is 0 Å². The highest BCUT2D eigenvalue weighted by molar-refractivity contribution is 5.82. The average Bonchev–Trinajstić information content (AvgIpc) is 3.26. The highest BCUT2D eigenvalue weighted by atomic mass is 16.1. The number of likely N-dealkylation sites (tertiary alicyclic amines) is 1. The van der Waals surface area contributed by atoms with Gasteiger partial charge in [0, 0.05) is 5.56 Å². The molecule has 158 valence electrons. The number of tetrazole rings is 1. The van der Waals surface area contributed by atoms with Gasteiger partial charge in [0.15, 0.2) is 5.82 Å². The third-order valence-corrected chi connectivity index (χ3v) is 6.85. The number of piperidine rings is 1. The van der Waals surface area contributed by atoms with E-state index in [1.807, 2.05) is 23.7 Å². The molecule has 5 rings (SSSR count). The Hall–Kier alpha value is -2.54. The number of aromatic amines is 1. The number of para-hydroxylation sites is 1. The number of benzene rings is 1. The van der Waals surface area contributed by atoms with Crippen molar-refractivity contribution >= 4 is 10.9 Å². The van der Waals surface area contributed by atoms with Crippen molar-refractivity contribution in [2.45, 2.75) is 70.4 Å². The minimum atomic E-state index is -0.212. The first kappa shape index (κ1) is 19.4. The van der Waals surface area contributed by atoms with Crippen LogP contribution in [0.4, 0.5) is 0 Å². The standard InChI is InChI=1S/C23H30N6O/c1-16-9-8-10-17-15-19(23(30)24-20(16)17)21(28-13-6-3-7-14-28)22-25-26-27-29(22)18-11-4-2-5-12-18/h8-10,15,18,21H,2-7,11-14H2,1H3,(H,24,30)/t21-/m0/s1. The summed E-state index contributed by atoms with van der Waals surface area (Å²) >= 11 is 0. The maximum absolute atomic E-state index is 13.3. The zero-order chi connectivity index (χ0) is 20.5. The van der Waals surface area contributed by atoms with Crippen molar-refractivity contribution < 1.29 is 0 Å². The Morgan fingerprint density at radius 2 is 1.83 bits per heavy atom. The lowest BCUT2D eigenvalue weighted by Crippen LogP contribution is -2.39. The Morgan fingerprint density at radius 1 is 1.07 bits per heavy atom. The van der Waals surface area contributed by atoms with Gasteiger partial charge in [0.05, 0.1) is 11.6 Å². The molecule has 1 N–H and O–H groups in total. The largest absolute Gasteiger partial charge is 0.321 e. The molecule has 3 heterocycles. The number of aromatic nitrogens is 5. The number of nitrogens with one attached hydrogen (secondary N) is 1. The second kappa shape index (κ2) is 8.30. The fourth-order valence-corrected chi connectivity index (χ4v) is 5.25. The fourth-order valence-electron chi connectivity index (χ4n) is 5.25. The first-order valence-electron chi connectivity index (χ1n) is 11.4. The number of hydrogen-bond acceptors (Lipinski definition) is 5. The number of aryl methyl sites for hydroxylation is 1. The third-order valence-electron chi connectivity index (χ3n) is 6.85. The average molecular weight is 407 g/mol. The van der Waals surface area contributed by atoms with Crippen LogP contribution in [0.2, 0.25) is 0 Å². The van der Waals surface area contributed by atoms with E-state index in [-0.39, 0.29) is 11.6 Å². The van der Waals surface area contributed by atoms with Crippen molar-refractivity contribution in [2.24, 2.45) is 0 Å². The van der Waals surface area contributed by atoms with Gasteiger partial charge in [-0.1, -0.05) is 43.9 Å². The summed E-state index contributed by atoms with van der Waals surface area (Å²) in [6.07, 6.45) is 9.47. The van der Waals surface area contributed by atoms with Crippen LogP contribution in [0.5, 0.6) is 0 Å². The lowest BCUT2D eigenvalue weighted by Gasteiger charge is -2.34. The van der Waals surface area contributed by atoms with Crippen LogP contribution < -0.4 is 5.56 Å². The molecule has 0 unspecified atom stereocenters. The monoisotopic (exact) mass is 406 g/mol. The lowest BCUT2D eigenvalue weighted by atomic mass is 9.94. The highest BCUT2D eigenvalue weighted by Crippen LogP contribution is 2.34. The zero-order valence-corrected chi connectivity index (χ0v) is 17.7. The number of nitrogens with zero attached hydrogens (tertiary/aromatic N) is 5. The van der Waals surface area contributed by atoms with Crippen molar-refractivity contribution in [3.63, 3.8) is 0 Å². The van der Waals surface area contributed by atoms with Crippen molar-refractivity contribution in [3.05, 3.63) is 51.6 Å². The molecule has 7 nitrogen and oxygen atoms in total. The van der Waals surface area contributed by atoms with Crippen LogP contribution in [0.25, 0.3) is 10.9 Å². The summed E-state index contributed by atoms with van der Waals surface area (Å²) in [7, 11) is 0. The van der Waals surface area contributed by atoms with Crippen LogP contribution in [0, 0.1) is 6.92 Å². The van der Waals surface area contributed by atoms with E-state index >= 15 is 0 Å². The minimum absolute atomic E-state index is 0.0365. The number of hydrogen-bond donors (Lipinski definition) is 1. The summed E-state index contributed by atoms with van der Waals surface area (Å²) < 4.78 is 2.03. The molecule has 0 amide bonds. The Bertz CT molecular complexity index is 1070. The van der Waals surface area contributed by atoms with E-state index in [2.05, 4.69) is 37.5 Å². The molecule has 0 bridgehead atoms. The van der Waals surface area contributed by atoms with Crippen LogP contribution in [0.15, 0.2) is 29.1 Å². The molecule has 1 aromatic carbocycles. The number of fused-ring (bicyclic) bond motifs is 1. The van der Waals surface area contributed by atoms with Crippen LogP contribution in [0.1, 0.15) is 80.4 Å². The SMILES string of the molecule is Cc1cccc2cc([C@@H](c3nnnn3C3CCCCC3)N3CCCCC3)c(=O)[nH]c12. The quantitative estimate of drug-likeness (QED) is 0.711.